The molecule has 0 saturated carbocycles. The van der Waals surface area contributed by atoms with Gasteiger partial charge < -0.3 is 10.1 Å². The maximum absolute atomic E-state index is 13.4. The fourth-order valence-electron chi connectivity index (χ4n) is 3.86. The number of aromatic amines is 1. The summed E-state index contributed by atoms with van der Waals surface area (Å²) in [5, 5.41) is 12.6. The Morgan fingerprint density at radius 3 is 2.82 bits per heavy atom. The first-order valence-corrected chi connectivity index (χ1v) is 9.17. The van der Waals surface area contributed by atoms with Crippen molar-refractivity contribution >= 4 is 34.2 Å². The molecule has 4 aromatic rings. The second kappa shape index (κ2) is 5.92. The van der Waals surface area contributed by atoms with Crippen LogP contribution >= 0.6 is 11.6 Å². The van der Waals surface area contributed by atoms with Crippen molar-refractivity contribution < 1.29 is 9.90 Å². The van der Waals surface area contributed by atoms with E-state index in [0.717, 1.165) is 11.1 Å². The molecular formula is C22H15ClN3O2. The Hall–Kier alpha value is -3.15. The van der Waals surface area contributed by atoms with E-state index in [0.29, 0.717) is 32.9 Å². The molecule has 0 bridgehead atoms. The summed E-state index contributed by atoms with van der Waals surface area (Å²) in [7, 11) is 0. The minimum absolute atomic E-state index is 0.280. The molecule has 0 aliphatic carbocycles. The van der Waals surface area contributed by atoms with Gasteiger partial charge in [0.15, 0.2) is 12.1 Å². The zero-order chi connectivity index (χ0) is 19.5. The fourth-order valence-corrected chi connectivity index (χ4v) is 4.03. The average molecular weight is 389 g/mol. The number of anilines is 1. The van der Waals surface area contributed by atoms with Gasteiger partial charge in [-0.2, -0.15) is 0 Å². The second-order valence-corrected chi connectivity index (χ2v) is 7.23. The van der Waals surface area contributed by atoms with E-state index in [9.17, 15) is 9.90 Å². The van der Waals surface area contributed by atoms with Gasteiger partial charge in [-0.15, -0.1) is 0 Å². The molecule has 137 valence electrons. The number of H-pyrrole nitrogens is 1. The molecule has 5 nitrogen and oxygen atoms in total. The van der Waals surface area contributed by atoms with E-state index in [1.165, 1.54) is 4.90 Å². The number of nitrogens with zero attached hydrogens (tertiary/aromatic N) is 2. The molecule has 1 atom stereocenters. The number of carbonyl (C=O) groups excluding carboxylic acids is 1. The zero-order valence-electron chi connectivity index (χ0n) is 14.9. The van der Waals surface area contributed by atoms with Gasteiger partial charge in [-0.3, -0.25) is 9.69 Å². The quantitative estimate of drug-likeness (QED) is 0.541. The number of carbonyl (C=O) groups is 1. The van der Waals surface area contributed by atoms with E-state index in [1.807, 2.05) is 19.1 Å². The molecule has 5 rings (SSSR count). The smallest absolute Gasteiger partial charge is 0.261 e. The molecule has 1 amide bonds. The molecule has 1 aromatic heterocycles. The van der Waals surface area contributed by atoms with Crippen molar-refractivity contribution in [1.82, 2.24) is 9.97 Å². The van der Waals surface area contributed by atoms with E-state index in [4.69, 9.17) is 11.6 Å². The van der Waals surface area contributed by atoms with E-state index in [1.54, 1.807) is 48.5 Å². The minimum Gasteiger partial charge on any atom is -0.363 e. The Morgan fingerprint density at radius 1 is 1.14 bits per heavy atom. The molecule has 3 aromatic carbocycles. The van der Waals surface area contributed by atoms with Gasteiger partial charge in [0, 0.05) is 21.7 Å². The number of nitrogens with one attached hydrogen (secondary N) is 1. The second-order valence-electron chi connectivity index (χ2n) is 6.82. The number of aliphatic hydroxyl groups is 1. The van der Waals surface area contributed by atoms with E-state index in [-0.39, 0.29) is 5.91 Å². The van der Waals surface area contributed by atoms with Gasteiger partial charge in [-0.1, -0.05) is 41.9 Å². The summed E-state index contributed by atoms with van der Waals surface area (Å²) in [6, 6.07) is 17.8. The summed E-state index contributed by atoms with van der Waals surface area (Å²) >= 11 is 6.32. The fraction of sp³-hybridized carbons (Fsp3) is 0.0909. The first-order valence-electron chi connectivity index (χ1n) is 8.79. The number of imidazole rings is 1. The highest BCUT2D eigenvalue weighted by Gasteiger charge is 2.51. The normalized spacial score (nSPS) is 18.7. The number of rotatable bonds is 2. The molecule has 1 unspecified atom stereocenters. The van der Waals surface area contributed by atoms with Crippen LogP contribution in [-0.4, -0.2) is 21.0 Å². The third kappa shape index (κ3) is 2.17. The van der Waals surface area contributed by atoms with Crippen LogP contribution in [0.5, 0.6) is 0 Å². The van der Waals surface area contributed by atoms with Crippen LogP contribution in [0.2, 0.25) is 5.02 Å². The van der Waals surface area contributed by atoms with Crippen molar-refractivity contribution in [3.8, 4) is 0 Å². The largest absolute Gasteiger partial charge is 0.363 e. The predicted octanol–water partition coefficient (Wildman–Crippen LogP) is 4.18. The number of amides is 1. The number of hydrogen-bond acceptors (Lipinski definition) is 3. The Morgan fingerprint density at radius 2 is 1.96 bits per heavy atom. The molecule has 6 heteroatoms. The molecule has 0 fully saturated rings. The van der Waals surface area contributed by atoms with Crippen LogP contribution < -0.4 is 4.90 Å². The van der Waals surface area contributed by atoms with Gasteiger partial charge in [-0.05, 0) is 42.8 Å². The van der Waals surface area contributed by atoms with Crippen molar-refractivity contribution in [2.24, 2.45) is 0 Å². The van der Waals surface area contributed by atoms with E-state index in [2.05, 4.69) is 16.3 Å². The standard InChI is InChI=1S/C22H15ClN3O2/c1-13-17(23)7-4-8-20(13)26-21(27)15-5-2-3-6-16(15)22(26,28)14-9-10-18-19(11-14)25-12-24-18/h2-11,28H,1H3,(H,24,25). The monoisotopic (exact) mass is 388 g/mol. The van der Waals surface area contributed by atoms with Crippen LogP contribution in [0, 0.1) is 13.3 Å². The molecule has 2 N–H and O–H groups in total. The van der Waals surface area contributed by atoms with Crippen molar-refractivity contribution in [3.63, 3.8) is 0 Å². The van der Waals surface area contributed by atoms with Gasteiger partial charge in [-0.25, -0.2) is 4.98 Å². The summed E-state index contributed by atoms with van der Waals surface area (Å²) < 4.78 is 0. The van der Waals surface area contributed by atoms with E-state index < -0.39 is 5.72 Å². The highest BCUT2D eigenvalue weighted by atomic mass is 35.5. The van der Waals surface area contributed by atoms with Gasteiger partial charge in [0.05, 0.1) is 16.7 Å². The summed E-state index contributed by atoms with van der Waals surface area (Å²) in [6.07, 6.45) is 2.70. The highest BCUT2D eigenvalue weighted by Crippen LogP contribution is 2.46. The van der Waals surface area contributed by atoms with Gasteiger partial charge in [0.1, 0.15) is 0 Å². The van der Waals surface area contributed by atoms with Crippen LogP contribution in [-0.2, 0) is 5.72 Å². The van der Waals surface area contributed by atoms with Crippen LogP contribution in [0.25, 0.3) is 11.0 Å². The van der Waals surface area contributed by atoms with Crippen molar-refractivity contribution in [2.45, 2.75) is 12.6 Å². The number of aromatic nitrogens is 2. The first kappa shape index (κ1) is 17.0. The van der Waals surface area contributed by atoms with Crippen molar-refractivity contribution in [3.05, 3.63) is 94.3 Å². The molecule has 1 radical (unpaired) electrons. The predicted molar refractivity (Wildman–Crippen MR) is 107 cm³/mol. The lowest BCUT2D eigenvalue weighted by molar-refractivity contribution is 0.0703. The lowest BCUT2D eigenvalue weighted by atomic mass is 9.93. The maximum Gasteiger partial charge on any atom is 0.261 e. The maximum atomic E-state index is 13.4. The van der Waals surface area contributed by atoms with Crippen LogP contribution in [0.4, 0.5) is 5.69 Å². The van der Waals surface area contributed by atoms with Crippen LogP contribution in [0.3, 0.4) is 0 Å². The summed E-state index contributed by atoms with van der Waals surface area (Å²) in [4.78, 5) is 21.9. The first-order chi connectivity index (χ1) is 13.5. The topological polar surface area (TPSA) is 69.2 Å². The van der Waals surface area contributed by atoms with Crippen molar-refractivity contribution in [2.75, 3.05) is 4.90 Å². The lowest BCUT2D eigenvalue weighted by Gasteiger charge is -2.35. The summed E-state index contributed by atoms with van der Waals surface area (Å²) in [5.74, 6) is -0.280. The third-order valence-electron chi connectivity index (χ3n) is 5.31. The Balaban J connectivity index is 1.82. The van der Waals surface area contributed by atoms with Gasteiger partial charge in [0.2, 0.25) is 0 Å². The zero-order valence-corrected chi connectivity index (χ0v) is 15.7. The van der Waals surface area contributed by atoms with Gasteiger partial charge >= 0.3 is 0 Å². The number of halogens is 1. The van der Waals surface area contributed by atoms with Crippen LogP contribution in [0.15, 0.2) is 60.7 Å². The van der Waals surface area contributed by atoms with Crippen molar-refractivity contribution in [1.29, 1.82) is 0 Å². The molecular weight excluding hydrogens is 374 g/mol. The van der Waals surface area contributed by atoms with E-state index >= 15 is 0 Å². The summed E-state index contributed by atoms with van der Waals surface area (Å²) in [6.45, 7) is 1.83. The minimum atomic E-state index is -1.68. The third-order valence-corrected chi connectivity index (χ3v) is 5.72. The Kier molecular flexibility index (Phi) is 3.59. The Bertz CT molecular complexity index is 1250. The summed E-state index contributed by atoms with van der Waals surface area (Å²) in [5.41, 5.74) is 2.58. The molecule has 28 heavy (non-hydrogen) atoms. The number of fused-ring (bicyclic) bond motifs is 2. The molecule has 0 saturated heterocycles. The highest BCUT2D eigenvalue weighted by molar-refractivity contribution is 6.32. The number of benzene rings is 3. The molecule has 1 aliphatic heterocycles. The molecule has 2 heterocycles. The number of hydrogen-bond donors (Lipinski definition) is 2. The Labute approximate surface area is 166 Å². The van der Waals surface area contributed by atoms with Crippen LogP contribution in [0.1, 0.15) is 27.0 Å². The molecule has 1 aliphatic rings. The SMILES string of the molecule is Cc1c(Cl)cccc1N1C(=O)c2ccccc2C1(O)c1ccc2[nH][c]nc2c1. The average Bonchev–Trinajstić information content (AvgIpc) is 3.26. The molecule has 0 spiro atoms. The lowest BCUT2D eigenvalue weighted by Crippen LogP contribution is -2.45. The van der Waals surface area contributed by atoms with Gasteiger partial charge in [0.25, 0.3) is 5.91 Å².